The Bertz CT molecular complexity index is 1060. The molecule has 168 valence electrons. The number of aromatic nitrogens is 4. The van der Waals surface area contributed by atoms with Gasteiger partial charge in [-0.1, -0.05) is 31.5 Å². The maximum Gasteiger partial charge on any atom is 0.217 e. The third-order valence-electron chi connectivity index (χ3n) is 6.00. The van der Waals surface area contributed by atoms with Gasteiger partial charge in [-0.15, -0.1) is 0 Å². The standard InChI is InChI=1S/C25H32N6O/c1-17(2)25-27-11-20(12-28-25)15-30-10-9-21(16-30)24-22(13-26-19(4)32)14-29-31(24)23-7-5-18(3)6-8-23/h5-8,11-12,14,17,21H,9-10,13,15-16H2,1-4H3,(H,26,32)/t21-/m0/s1. The van der Waals surface area contributed by atoms with E-state index in [1.807, 2.05) is 23.3 Å². The lowest BCUT2D eigenvalue weighted by Gasteiger charge is -2.18. The summed E-state index contributed by atoms with van der Waals surface area (Å²) < 4.78 is 2.05. The molecule has 1 saturated heterocycles. The summed E-state index contributed by atoms with van der Waals surface area (Å²) in [6.07, 6.45) is 6.85. The summed E-state index contributed by atoms with van der Waals surface area (Å²) in [5.41, 5.74) is 5.68. The Morgan fingerprint density at radius 2 is 1.88 bits per heavy atom. The molecule has 0 unspecified atom stereocenters. The molecule has 3 heterocycles. The van der Waals surface area contributed by atoms with Crippen LogP contribution in [0.25, 0.3) is 5.69 Å². The van der Waals surface area contributed by atoms with Gasteiger partial charge >= 0.3 is 0 Å². The van der Waals surface area contributed by atoms with E-state index in [0.29, 0.717) is 18.4 Å². The van der Waals surface area contributed by atoms with E-state index in [-0.39, 0.29) is 5.91 Å². The second-order valence-electron chi connectivity index (χ2n) is 9.04. The highest BCUT2D eigenvalue weighted by molar-refractivity contribution is 5.72. The van der Waals surface area contributed by atoms with Gasteiger partial charge in [0.2, 0.25) is 5.91 Å². The number of hydrogen-bond donors (Lipinski definition) is 1. The topological polar surface area (TPSA) is 75.9 Å². The van der Waals surface area contributed by atoms with Crippen molar-refractivity contribution >= 4 is 5.91 Å². The van der Waals surface area contributed by atoms with Crippen molar-refractivity contribution in [1.29, 1.82) is 0 Å². The Labute approximate surface area is 189 Å². The molecule has 1 atom stereocenters. The van der Waals surface area contributed by atoms with Crippen LogP contribution in [-0.4, -0.2) is 43.6 Å². The van der Waals surface area contributed by atoms with Crippen LogP contribution < -0.4 is 5.32 Å². The molecular weight excluding hydrogens is 400 g/mol. The molecule has 1 N–H and O–H groups in total. The molecule has 32 heavy (non-hydrogen) atoms. The van der Waals surface area contributed by atoms with Crippen LogP contribution in [0, 0.1) is 6.92 Å². The van der Waals surface area contributed by atoms with Gasteiger partial charge in [-0.05, 0) is 32.0 Å². The number of amides is 1. The van der Waals surface area contributed by atoms with Crippen LogP contribution in [0.15, 0.2) is 42.9 Å². The first-order chi connectivity index (χ1) is 15.4. The zero-order valence-electron chi connectivity index (χ0n) is 19.4. The molecule has 2 aromatic heterocycles. The zero-order chi connectivity index (χ0) is 22.7. The van der Waals surface area contributed by atoms with Gasteiger partial charge in [0, 0.05) is 61.9 Å². The van der Waals surface area contributed by atoms with Crippen LogP contribution in [0.4, 0.5) is 0 Å². The van der Waals surface area contributed by atoms with E-state index in [9.17, 15) is 4.79 Å². The van der Waals surface area contributed by atoms with Crippen molar-refractivity contribution in [2.75, 3.05) is 13.1 Å². The monoisotopic (exact) mass is 432 g/mol. The van der Waals surface area contributed by atoms with Crippen LogP contribution in [0.1, 0.15) is 67.2 Å². The number of hydrogen-bond acceptors (Lipinski definition) is 5. The lowest BCUT2D eigenvalue weighted by molar-refractivity contribution is -0.119. The minimum absolute atomic E-state index is 0.0306. The fourth-order valence-electron chi connectivity index (χ4n) is 4.28. The predicted octanol–water partition coefficient (Wildman–Crippen LogP) is 3.72. The molecule has 0 radical (unpaired) electrons. The van der Waals surface area contributed by atoms with Gasteiger partial charge in [0.25, 0.3) is 0 Å². The van der Waals surface area contributed by atoms with E-state index in [4.69, 9.17) is 5.10 Å². The fraction of sp³-hybridized carbons (Fsp3) is 0.440. The van der Waals surface area contributed by atoms with Crippen LogP contribution in [-0.2, 0) is 17.9 Å². The predicted molar refractivity (Wildman–Crippen MR) is 125 cm³/mol. The highest BCUT2D eigenvalue weighted by Gasteiger charge is 2.29. The van der Waals surface area contributed by atoms with Crippen molar-refractivity contribution in [3.05, 3.63) is 71.1 Å². The van der Waals surface area contributed by atoms with E-state index in [2.05, 4.69) is 65.2 Å². The average molecular weight is 433 g/mol. The molecule has 0 aliphatic carbocycles. The number of aryl methyl sites for hydroxylation is 1. The van der Waals surface area contributed by atoms with Crippen LogP contribution in [0.2, 0.25) is 0 Å². The van der Waals surface area contributed by atoms with E-state index in [1.165, 1.54) is 11.3 Å². The first kappa shape index (κ1) is 22.1. The van der Waals surface area contributed by atoms with Gasteiger partial charge in [0.1, 0.15) is 5.82 Å². The molecule has 1 aromatic carbocycles. The lowest BCUT2D eigenvalue weighted by Crippen LogP contribution is -2.23. The Balaban J connectivity index is 1.54. The quantitative estimate of drug-likeness (QED) is 0.616. The minimum Gasteiger partial charge on any atom is -0.352 e. The number of carbonyl (C=O) groups excluding carboxylic acids is 1. The maximum absolute atomic E-state index is 11.5. The normalized spacial score (nSPS) is 16.6. The van der Waals surface area contributed by atoms with Crippen molar-refractivity contribution in [3.63, 3.8) is 0 Å². The Morgan fingerprint density at radius 1 is 1.16 bits per heavy atom. The van der Waals surface area contributed by atoms with Crippen molar-refractivity contribution in [2.45, 2.75) is 59.0 Å². The van der Waals surface area contributed by atoms with E-state index in [0.717, 1.165) is 48.7 Å². The van der Waals surface area contributed by atoms with Crippen LogP contribution in [0.5, 0.6) is 0 Å². The summed E-state index contributed by atoms with van der Waals surface area (Å²) in [5.74, 6) is 1.54. The highest BCUT2D eigenvalue weighted by Crippen LogP contribution is 2.32. The molecule has 1 fully saturated rings. The molecule has 0 spiro atoms. The number of nitrogens with zero attached hydrogens (tertiary/aromatic N) is 5. The fourth-order valence-corrected chi connectivity index (χ4v) is 4.28. The lowest BCUT2D eigenvalue weighted by atomic mass is 10.00. The van der Waals surface area contributed by atoms with Gasteiger partial charge in [-0.3, -0.25) is 9.69 Å². The van der Waals surface area contributed by atoms with Crippen molar-refractivity contribution in [2.24, 2.45) is 0 Å². The van der Waals surface area contributed by atoms with Crippen LogP contribution in [0.3, 0.4) is 0 Å². The third-order valence-corrected chi connectivity index (χ3v) is 6.00. The Morgan fingerprint density at radius 3 is 2.53 bits per heavy atom. The molecule has 0 bridgehead atoms. The highest BCUT2D eigenvalue weighted by atomic mass is 16.1. The minimum atomic E-state index is -0.0306. The molecular formula is C25H32N6O. The van der Waals surface area contributed by atoms with Gasteiger partial charge in [-0.2, -0.15) is 5.10 Å². The van der Waals surface area contributed by atoms with Crippen molar-refractivity contribution in [1.82, 2.24) is 30.0 Å². The van der Waals surface area contributed by atoms with Crippen molar-refractivity contribution in [3.8, 4) is 5.69 Å². The van der Waals surface area contributed by atoms with Crippen molar-refractivity contribution < 1.29 is 4.79 Å². The summed E-state index contributed by atoms with van der Waals surface area (Å²) in [6, 6.07) is 8.43. The molecule has 1 amide bonds. The molecule has 4 rings (SSSR count). The molecule has 7 nitrogen and oxygen atoms in total. The second kappa shape index (κ2) is 9.61. The number of rotatable bonds is 7. The molecule has 1 aliphatic rings. The van der Waals surface area contributed by atoms with E-state index in [1.54, 1.807) is 6.92 Å². The van der Waals surface area contributed by atoms with Gasteiger partial charge < -0.3 is 5.32 Å². The average Bonchev–Trinajstić information content (AvgIpc) is 3.40. The molecule has 0 saturated carbocycles. The summed E-state index contributed by atoms with van der Waals surface area (Å²) in [7, 11) is 0. The first-order valence-electron chi connectivity index (χ1n) is 11.3. The zero-order valence-corrected chi connectivity index (χ0v) is 19.4. The number of likely N-dealkylation sites (tertiary alicyclic amines) is 1. The van der Waals surface area contributed by atoms with Gasteiger partial charge in [-0.25, -0.2) is 14.6 Å². The Hall–Kier alpha value is -3.06. The number of carbonyl (C=O) groups is 1. The van der Waals surface area contributed by atoms with Gasteiger partial charge in [0.15, 0.2) is 0 Å². The first-order valence-corrected chi connectivity index (χ1v) is 11.3. The molecule has 7 heteroatoms. The summed E-state index contributed by atoms with van der Waals surface area (Å²) in [6.45, 7) is 11.1. The molecule has 1 aliphatic heterocycles. The van der Waals surface area contributed by atoms with Gasteiger partial charge in [0.05, 0.1) is 17.6 Å². The maximum atomic E-state index is 11.5. The summed E-state index contributed by atoms with van der Waals surface area (Å²) >= 11 is 0. The molecule has 3 aromatic rings. The Kier molecular flexibility index (Phi) is 6.65. The van der Waals surface area contributed by atoms with E-state index < -0.39 is 0 Å². The van der Waals surface area contributed by atoms with Crippen LogP contribution >= 0.6 is 0 Å². The largest absolute Gasteiger partial charge is 0.352 e. The van der Waals surface area contributed by atoms with E-state index >= 15 is 0 Å². The third kappa shape index (κ3) is 5.05. The second-order valence-corrected chi connectivity index (χ2v) is 9.04. The number of nitrogens with one attached hydrogen (secondary N) is 1. The SMILES string of the molecule is CC(=O)NCc1cnn(-c2ccc(C)cc2)c1[C@H]1CCN(Cc2cnc(C(C)C)nc2)C1. The summed E-state index contributed by atoms with van der Waals surface area (Å²) in [5, 5.41) is 7.64. The number of benzene rings is 1. The summed E-state index contributed by atoms with van der Waals surface area (Å²) in [4.78, 5) is 23.0. The smallest absolute Gasteiger partial charge is 0.217 e.